The normalized spacial score (nSPS) is 12.1. The lowest BCUT2D eigenvalue weighted by molar-refractivity contribution is 1.09. The van der Waals surface area contributed by atoms with E-state index < -0.39 is 0 Å². The minimum Gasteiger partial charge on any atom is -0.359 e. The van der Waals surface area contributed by atoms with Gasteiger partial charge < -0.3 is 10.6 Å². The zero-order chi connectivity index (χ0) is 23.5. The number of benzene rings is 2. The molecule has 0 fully saturated rings. The topological polar surface area (TPSA) is 24.1 Å². The molecule has 0 spiro atoms. The first-order valence-corrected chi connectivity index (χ1v) is 11.4. The molecule has 168 valence electrons. The van der Waals surface area contributed by atoms with Gasteiger partial charge in [-0.3, -0.25) is 0 Å². The zero-order valence-electron chi connectivity index (χ0n) is 20.5. The fourth-order valence-corrected chi connectivity index (χ4v) is 3.47. The van der Waals surface area contributed by atoms with Gasteiger partial charge in [0.1, 0.15) is 0 Å². The largest absolute Gasteiger partial charge is 0.359 e. The first-order chi connectivity index (χ1) is 15.4. The van der Waals surface area contributed by atoms with E-state index in [0.717, 1.165) is 29.8 Å². The monoisotopic (exact) mass is 426 g/mol. The van der Waals surface area contributed by atoms with Crippen LogP contribution < -0.4 is 10.6 Å². The minimum atomic E-state index is 0.866. The summed E-state index contributed by atoms with van der Waals surface area (Å²) in [4.78, 5) is 0. The van der Waals surface area contributed by atoms with Crippen molar-refractivity contribution in [2.45, 2.75) is 54.4 Å². The summed E-state index contributed by atoms with van der Waals surface area (Å²) in [7, 11) is 0. The fraction of sp³-hybridized carbons (Fsp3) is 0.267. The average Bonchev–Trinajstić information content (AvgIpc) is 2.78. The van der Waals surface area contributed by atoms with Crippen molar-refractivity contribution < 1.29 is 0 Å². The molecule has 2 heteroatoms. The Labute approximate surface area is 195 Å². The summed E-state index contributed by atoms with van der Waals surface area (Å²) >= 11 is 0. The first kappa shape index (κ1) is 25.0. The molecule has 0 radical (unpaired) electrons. The lowest BCUT2D eigenvalue weighted by atomic mass is 10.0. The molecule has 2 nitrogen and oxygen atoms in total. The van der Waals surface area contributed by atoms with Crippen molar-refractivity contribution >= 4 is 17.5 Å². The second kappa shape index (κ2) is 12.6. The predicted octanol–water partition coefficient (Wildman–Crippen LogP) is 8.90. The van der Waals surface area contributed by atoms with Gasteiger partial charge in [0.2, 0.25) is 0 Å². The summed E-state index contributed by atoms with van der Waals surface area (Å²) in [5.41, 5.74) is 10.7. The number of hydrogen-bond donors (Lipinski definition) is 2. The quantitative estimate of drug-likeness (QED) is 0.371. The molecule has 0 aliphatic heterocycles. The zero-order valence-corrected chi connectivity index (χ0v) is 20.5. The third-order valence-electron chi connectivity index (χ3n) is 5.39. The SMILES string of the molecule is C=C(C)C(/C=C/c1ccc(N/C(=C/C)Cc2ccc(N/C(=C\C)CC)cc2)cc1)=C(C)C. The van der Waals surface area contributed by atoms with Gasteiger partial charge in [0.25, 0.3) is 0 Å². The van der Waals surface area contributed by atoms with Gasteiger partial charge in [-0.2, -0.15) is 0 Å². The van der Waals surface area contributed by atoms with Gasteiger partial charge >= 0.3 is 0 Å². The van der Waals surface area contributed by atoms with Gasteiger partial charge in [0.05, 0.1) is 0 Å². The molecule has 0 atom stereocenters. The highest BCUT2D eigenvalue weighted by atomic mass is 14.9. The molecule has 0 aliphatic rings. The molecule has 2 aromatic carbocycles. The van der Waals surface area contributed by atoms with Crippen LogP contribution in [0.4, 0.5) is 11.4 Å². The Morgan fingerprint density at radius 3 is 1.81 bits per heavy atom. The van der Waals surface area contributed by atoms with Crippen LogP contribution in [0.5, 0.6) is 0 Å². The summed E-state index contributed by atoms with van der Waals surface area (Å²) in [6, 6.07) is 17.2. The van der Waals surface area contributed by atoms with Gasteiger partial charge in [-0.25, -0.2) is 0 Å². The maximum absolute atomic E-state index is 4.07. The number of anilines is 2. The van der Waals surface area contributed by atoms with E-state index in [4.69, 9.17) is 0 Å². The molecular formula is C30H38N2. The summed E-state index contributed by atoms with van der Waals surface area (Å²) in [5, 5.41) is 7.02. The van der Waals surface area contributed by atoms with Crippen LogP contribution in [-0.4, -0.2) is 0 Å². The number of rotatable bonds is 10. The molecule has 2 N–H and O–H groups in total. The fourth-order valence-electron chi connectivity index (χ4n) is 3.47. The van der Waals surface area contributed by atoms with Crippen molar-refractivity contribution in [3.63, 3.8) is 0 Å². The molecule has 0 amide bonds. The molecular weight excluding hydrogens is 388 g/mol. The van der Waals surface area contributed by atoms with E-state index in [2.05, 4.69) is 125 Å². The summed E-state index contributed by atoms with van der Waals surface area (Å²) in [6.45, 7) is 16.7. The van der Waals surface area contributed by atoms with Gasteiger partial charge in [-0.05, 0) is 82.0 Å². The van der Waals surface area contributed by atoms with E-state index in [0.29, 0.717) is 0 Å². The maximum atomic E-state index is 4.07. The Balaban J connectivity index is 2.01. The van der Waals surface area contributed by atoms with Crippen LogP contribution in [0.25, 0.3) is 6.08 Å². The molecule has 0 saturated carbocycles. The van der Waals surface area contributed by atoms with E-state index in [-0.39, 0.29) is 0 Å². The van der Waals surface area contributed by atoms with Crippen molar-refractivity contribution in [1.82, 2.24) is 0 Å². The molecule has 2 rings (SSSR count). The van der Waals surface area contributed by atoms with Crippen LogP contribution in [0.3, 0.4) is 0 Å². The second-order valence-corrected chi connectivity index (χ2v) is 8.25. The van der Waals surface area contributed by atoms with E-state index in [9.17, 15) is 0 Å². The van der Waals surface area contributed by atoms with Crippen molar-refractivity contribution in [3.8, 4) is 0 Å². The van der Waals surface area contributed by atoms with Crippen LogP contribution in [0, 0.1) is 0 Å². The Morgan fingerprint density at radius 1 is 0.812 bits per heavy atom. The number of nitrogens with one attached hydrogen (secondary N) is 2. The first-order valence-electron chi connectivity index (χ1n) is 11.4. The van der Waals surface area contributed by atoms with Crippen LogP contribution in [0.2, 0.25) is 0 Å². The lowest BCUT2D eigenvalue weighted by Crippen LogP contribution is -2.03. The van der Waals surface area contributed by atoms with E-state index in [1.165, 1.54) is 33.7 Å². The Morgan fingerprint density at radius 2 is 1.34 bits per heavy atom. The molecule has 0 saturated heterocycles. The molecule has 0 unspecified atom stereocenters. The van der Waals surface area contributed by atoms with Gasteiger partial charge in [-0.1, -0.05) is 73.2 Å². The van der Waals surface area contributed by atoms with Crippen molar-refractivity contribution in [3.05, 3.63) is 113 Å². The highest BCUT2D eigenvalue weighted by molar-refractivity contribution is 5.60. The molecule has 0 aromatic heterocycles. The van der Waals surface area contributed by atoms with E-state index in [1.54, 1.807) is 0 Å². The Kier molecular flexibility index (Phi) is 9.81. The van der Waals surface area contributed by atoms with Crippen molar-refractivity contribution in [1.29, 1.82) is 0 Å². The average molecular weight is 427 g/mol. The Hall–Kier alpha value is -3.26. The third-order valence-corrected chi connectivity index (χ3v) is 5.39. The summed E-state index contributed by atoms with van der Waals surface area (Å²) < 4.78 is 0. The molecule has 32 heavy (non-hydrogen) atoms. The smallest absolute Gasteiger partial charge is 0.0382 e. The maximum Gasteiger partial charge on any atom is 0.0382 e. The number of hydrogen-bond acceptors (Lipinski definition) is 2. The highest BCUT2D eigenvalue weighted by Gasteiger charge is 2.02. The van der Waals surface area contributed by atoms with Crippen molar-refractivity contribution in [2.75, 3.05) is 10.6 Å². The van der Waals surface area contributed by atoms with Crippen LogP contribution in [0.1, 0.15) is 59.1 Å². The standard InChI is InChI=1S/C30H38N2/c1-8-26(9-2)31-28-18-13-25(14-19-28)21-27(10-3)32-29-16-11-24(12-17-29)15-20-30(22(4)5)23(6)7/h8,10-20,31-32H,4,9,21H2,1-3,5-7H3/b20-15+,26-8-,27-10+. The minimum absolute atomic E-state index is 0.866. The molecule has 2 aromatic rings. The predicted molar refractivity (Wildman–Crippen MR) is 144 cm³/mol. The lowest BCUT2D eigenvalue weighted by Gasteiger charge is -2.13. The van der Waals surface area contributed by atoms with Gasteiger partial charge in [-0.15, -0.1) is 0 Å². The third kappa shape index (κ3) is 7.77. The van der Waals surface area contributed by atoms with Crippen LogP contribution in [0.15, 0.2) is 101 Å². The van der Waals surface area contributed by atoms with E-state index in [1.807, 2.05) is 6.92 Å². The highest BCUT2D eigenvalue weighted by Crippen LogP contribution is 2.20. The molecule has 0 heterocycles. The second-order valence-electron chi connectivity index (χ2n) is 8.25. The summed E-state index contributed by atoms with van der Waals surface area (Å²) in [5.74, 6) is 0. The number of allylic oxidation sites excluding steroid dienone is 8. The molecule has 0 aliphatic carbocycles. The van der Waals surface area contributed by atoms with E-state index >= 15 is 0 Å². The summed E-state index contributed by atoms with van der Waals surface area (Å²) in [6.07, 6.45) is 10.4. The van der Waals surface area contributed by atoms with Crippen molar-refractivity contribution in [2.24, 2.45) is 0 Å². The van der Waals surface area contributed by atoms with Gasteiger partial charge in [0.15, 0.2) is 0 Å². The van der Waals surface area contributed by atoms with Gasteiger partial charge in [0, 0.05) is 29.2 Å². The van der Waals surface area contributed by atoms with Crippen LogP contribution in [-0.2, 0) is 6.42 Å². The van der Waals surface area contributed by atoms with Crippen LogP contribution >= 0.6 is 0 Å². The Bertz CT molecular complexity index is 1010. The molecule has 0 bridgehead atoms.